The van der Waals surface area contributed by atoms with Crippen LogP contribution in [0.2, 0.25) is 0 Å². The van der Waals surface area contributed by atoms with E-state index in [0.717, 1.165) is 43.0 Å². The normalized spacial score (nSPS) is 18.9. The first-order chi connectivity index (χ1) is 11.3. The molecule has 1 saturated heterocycles. The monoisotopic (exact) mass is 329 g/mol. The third-order valence-corrected chi connectivity index (χ3v) is 4.58. The number of carbonyl (C=O) groups is 1. The highest BCUT2D eigenvalue weighted by atomic mass is 16.2. The summed E-state index contributed by atoms with van der Waals surface area (Å²) in [5.74, 6) is 1.40. The molecule has 1 atom stereocenters. The highest BCUT2D eigenvalue weighted by molar-refractivity contribution is 5.81. The Labute approximate surface area is 143 Å². The number of amides is 1. The lowest BCUT2D eigenvalue weighted by atomic mass is 9.90. The maximum atomic E-state index is 12.6. The SMILES string of the molecule is CN(C)c1nc([C@@H]2CCCN(C(=O)C(C)(C)C)C2)cn2nccc12. The van der Waals surface area contributed by atoms with Crippen molar-refractivity contribution in [3.8, 4) is 0 Å². The number of rotatable bonds is 2. The molecule has 3 rings (SSSR count). The Bertz CT molecular complexity index is 743. The molecule has 1 aliphatic heterocycles. The fraction of sp³-hybridized carbons (Fsp3) is 0.611. The summed E-state index contributed by atoms with van der Waals surface area (Å²) in [6, 6.07) is 1.97. The van der Waals surface area contributed by atoms with Crippen molar-refractivity contribution in [2.75, 3.05) is 32.1 Å². The molecule has 130 valence electrons. The van der Waals surface area contributed by atoms with Gasteiger partial charge in [-0.3, -0.25) is 4.79 Å². The number of carbonyl (C=O) groups excluding carboxylic acids is 1. The number of nitrogens with zero attached hydrogens (tertiary/aromatic N) is 5. The molecule has 0 unspecified atom stereocenters. The van der Waals surface area contributed by atoms with E-state index in [-0.39, 0.29) is 17.2 Å². The maximum absolute atomic E-state index is 12.6. The summed E-state index contributed by atoms with van der Waals surface area (Å²) in [4.78, 5) is 21.5. The molecular formula is C18H27N5O. The fourth-order valence-corrected chi connectivity index (χ4v) is 3.33. The van der Waals surface area contributed by atoms with Crippen molar-refractivity contribution in [2.45, 2.75) is 39.5 Å². The lowest BCUT2D eigenvalue weighted by Crippen LogP contribution is -2.44. The average Bonchev–Trinajstić information content (AvgIpc) is 3.00. The first-order valence-electron chi connectivity index (χ1n) is 8.58. The first-order valence-corrected chi connectivity index (χ1v) is 8.58. The van der Waals surface area contributed by atoms with E-state index in [1.54, 1.807) is 6.20 Å². The van der Waals surface area contributed by atoms with Crippen LogP contribution in [0.15, 0.2) is 18.5 Å². The van der Waals surface area contributed by atoms with E-state index in [0.29, 0.717) is 0 Å². The van der Waals surface area contributed by atoms with Gasteiger partial charge in [0.25, 0.3) is 0 Å². The van der Waals surface area contributed by atoms with Crippen LogP contribution in [0.4, 0.5) is 5.82 Å². The topological polar surface area (TPSA) is 53.7 Å². The number of hydrogen-bond acceptors (Lipinski definition) is 4. The zero-order valence-corrected chi connectivity index (χ0v) is 15.3. The maximum Gasteiger partial charge on any atom is 0.227 e. The van der Waals surface area contributed by atoms with Gasteiger partial charge < -0.3 is 9.80 Å². The van der Waals surface area contributed by atoms with Gasteiger partial charge in [0.15, 0.2) is 5.82 Å². The van der Waals surface area contributed by atoms with Crippen LogP contribution >= 0.6 is 0 Å². The summed E-state index contributed by atoms with van der Waals surface area (Å²) in [6.07, 6.45) is 5.88. The minimum Gasteiger partial charge on any atom is -0.361 e. The van der Waals surface area contributed by atoms with Crippen LogP contribution in [0.25, 0.3) is 5.52 Å². The Morgan fingerprint density at radius 2 is 2.08 bits per heavy atom. The Balaban J connectivity index is 1.91. The van der Waals surface area contributed by atoms with Crippen LogP contribution in [-0.2, 0) is 4.79 Å². The molecule has 0 spiro atoms. The number of likely N-dealkylation sites (tertiary alicyclic amines) is 1. The number of hydrogen-bond donors (Lipinski definition) is 0. The second kappa shape index (κ2) is 6.07. The van der Waals surface area contributed by atoms with Crippen LogP contribution in [0.1, 0.15) is 45.2 Å². The molecule has 0 bridgehead atoms. The third-order valence-electron chi connectivity index (χ3n) is 4.58. The van der Waals surface area contributed by atoms with E-state index in [1.807, 2.05) is 61.4 Å². The van der Waals surface area contributed by atoms with Gasteiger partial charge in [0.2, 0.25) is 5.91 Å². The van der Waals surface area contributed by atoms with E-state index >= 15 is 0 Å². The van der Waals surface area contributed by atoms with Crippen molar-refractivity contribution in [2.24, 2.45) is 5.41 Å². The van der Waals surface area contributed by atoms with Gasteiger partial charge in [-0.15, -0.1) is 0 Å². The molecule has 0 radical (unpaired) electrons. The molecule has 2 aromatic heterocycles. The Morgan fingerprint density at radius 1 is 1.33 bits per heavy atom. The van der Waals surface area contributed by atoms with Gasteiger partial charge in [-0.1, -0.05) is 20.8 Å². The zero-order valence-electron chi connectivity index (χ0n) is 15.3. The summed E-state index contributed by atoms with van der Waals surface area (Å²) in [5.41, 5.74) is 1.68. The van der Waals surface area contributed by atoms with E-state index in [4.69, 9.17) is 4.98 Å². The van der Waals surface area contributed by atoms with Crippen LogP contribution in [0.3, 0.4) is 0 Å². The quantitative estimate of drug-likeness (QED) is 0.850. The molecule has 6 heteroatoms. The molecular weight excluding hydrogens is 302 g/mol. The van der Waals surface area contributed by atoms with E-state index < -0.39 is 0 Å². The lowest BCUT2D eigenvalue weighted by Gasteiger charge is -2.36. The third kappa shape index (κ3) is 3.09. The zero-order chi connectivity index (χ0) is 17.5. The highest BCUT2D eigenvalue weighted by Crippen LogP contribution is 2.30. The molecule has 1 aliphatic rings. The second-order valence-electron chi connectivity index (χ2n) is 7.89. The van der Waals surface area contributed by atoms with Crippen LogP contribution < -0.4 is 4.90 Å². The minimum atomic E-state index is -0.337. The molecule has 2 aromatic rings. The van der Waals surface area contributed by atoms with E-state index in [1.165, 1.54) is 0 Å². The fourth-order valence-electron chi connectivity index (χ4n) is 3.33. The van der Waals surface area contributed by atoms with Crippen LogP contribution in [0, 0.1) is 5.41 Å². The summed E-state index contributed by atoms with van der Waals surface area (Å²) in [6.45, 7) is 7.53. The number of aromatic nitrogens is 3. The van der Waals surface area contributed by atoms with E-state index in [2.05, 4.69) is 5.10 Å². The smallest absolute Gasteiger partial charge is 0.227 e. The number of fused-ring (bicyclic) bond motifs is 1. The summed E-state index contributed by atoms with van der Waals surface area (Å²) >= 11 is 0. The number of anilines is 1. The number of piperidine rings is 1. The van der Waals surface area contributed by atoms with Crippen molar-refractivity contribution in [3.63, 3.8) is 0 Å². The Morgan fingerprint density at radius 3 is 2.75 bits per heavy atom. The summed E-state index contributed by atoms with van der Waals surface area (Å²) < 4.78 is 1.89. The Hall–Kier alpha value is -2.11. The summed E-state index contributed by atoms with van der Waals surface area (Å²) in [5, 5.41) is 4.38. The van der Waals surface area contributed by atoms with Crippen molar-refractivity contribution in [1.82, 2.24) is 19.5 Å². The van der Waals surface area contributed by atoms with Gasteiger partial charge in [-0.2, -0.15) is 5.10 Å². The van der Waals surface area contributed by atoms with Gasteiger partial charge in [-0.05, 0) is 18.9 Å². The average molecular weight is 329 g/mol. The molecule has 0 saturated carbocycles. The molecule has 6 nitrogen and oxygen atoms in total. The van der Waals surface area contributed by atoms with E-state index in [9.17, 15) is 4.79 Å². The Kier molecular flexibility index (Phi) is 4.24. The van der Waals surface area contributed by atoms with Gasteiger partial charge in [0, 0.05) is 38.5 Å². The molecule has 1 amide bonds. The van der Waals surface area contributed by atoms with Crippen LogP contribution in [-0.4, -0.2) is 52.6 Å². The molecule has 0 aliphatic carbocycles. The predicted molar refractivity (Wildman–Crippen MR) is 95.3 cm³/mol. The molecule has 3 heterocycles. The van der Waals surface area contributed by atoms with Gasteiger partial charge in [0.05, 0.1) is 18.1 Å². The van der Waals surface area contributed by atoms with Gasteiger partial charge in [0.1, 0.15) is 5.52 Å². The van der Waals surface area contributed by atoms with Crippen molar-refractivity contribution >= 4 is 17.2 Å². The standard InChI is InChI=1S/C18H27N5O/c1-18(2,3)17(24)22-10-6-7-13(11-22)14-12-23-15(8-9-19-23)16(20-14)21(4)5/h8-9,12-13H,6-7,10-11H2,1-5H3/t13-/m1/s1. The van der Waals surface area contributed by atoms with Crippen LogP contribution in [0.5, 0.6) is 0 Å². The van der Waals surface area contributed by atoms with Crippen molar-refractivity contribution in [1.29, 1.82) is 0 Å². The molecule has 1 fully saturated rings. The molecule has 0 aromatic carbocycles. The first kappa shape index (κ1) is 16.7. The lowest BCUT2D eigenvalue weighted by molar-refractivity contribution is -0.140. The highest BCUT2D eigenvalue weighted by Gasteiger charge is 2.32. The van der Waals surface area contributed by atoms with Gasteiger partial charge in [-0.25, -0.2) is 9.50 Å². The molecule has 0 N–H and O–H groups in total. The largest absolute Gasteiger partial charge is 0.361 e. The minimum absolute atomic E-state index is 0.222. The van der Waals surface area contributed by atoms with Crippen molar-refractivity contribution in [3.05, 3.63) is 24.2 Å². The van der Waals surface area contributed by atoms with Gasteiger partial charge >= 0.3 is 0 Å². The van der Waals surface area contributed by atoms with Crippen molar-refractivity contribution < 1.29 is 4.79 Å². The summed E-state index contributed by atoms with van der Waals surface area (Å²) in [7, 11) is 3.99. The molecule has 24 heavy (non-hydrogen) atoms. The predicted octanol–water partition coefficient (Wildman–Crippen LogP) is 2.55. The second-order valence-corrected chi connectivity index (χ2v) is 7.89.